The van der Waals surface area contributed by atoms with Crippen LogP contribution in [0.15, 0.2) is 0 Å². The number of hydrogen-bond acceptors (Lipinski definition) is 4. The van der Waals surface area contributed by atoms with Gasteiger partial charge in [-0.2, -0.15) is 0 Å². The van der Waals surface area contributed by atoms with Crippen molar-refractivity contribution < 1.29 is 23.1 Å². The Hall–Kier alpha value is -1.15. The highest BCUT2D eigenvalue weighted by molar-refractivity contribution is 7.90. The van der Waals surface area contributed by atoms with E-state index in [1.54, 1.807) is 6.92 Å². The molecule has 1 aliphatic heterocycles. The molecule has 1 saturated carbocycles. The molecule has 2 rings (SSSR count). The molecule has 132 valence electrons. The topological polar surface area (TPSA) is 104 Å². The van der Waals surface area contributed by atoms with Gasteiger partial charge < -0.3 is 10.0 Å². The van der Waals surface area contributed by atoms with Crippen LogP contribution in [0.4, 0.5) is 0 Å². The van der Waals surface area contributed by atoms with Gasteiger partial charge in [0.05, 0.1) is 5.41 Å². The van der Waals surface area contributed by atoms with Crippen molar-refractivity contribution in [3.63, 3.8) is 0 Å². The highest BCUT2D eigenvalue weighted by Gasteiger charge is 2.42. The van der Waals surface area contributed by atoms with Crippen molar-refractivity contribution in [1.82, 2.24) is 9.62 Å². The number of hydrogen-bond donors (Lipinski definition) is 2. The molecule has 2 fully saturated rings. The Bertz CT molecular complexity index is 568. The van der Waals surface area contributed by atoms with Gasteiger partial charge >= 0.3 is 5.97 Å². The largest absolute Gasteiger partial charge is 0.481 e. The monoisotopic (exact) mass is 346 g/mol. The van der Waals surface area contributed by atoms with Gasteiger partial charge in [-0.25, -0.2) is 13.1 Å². The highest BCUT2D eigenvalue weighted by Crippen LogP contribution is 2.30. The van der Waals surface area contributed by atoms with Crippen molar-refractivity contribution >= 4 is 21.9 Å². The summed E-state index contributed by atoms with van der Waals surface area (Å²) < 4.78 is 27.0. The normalized spacial score (nSPS) is 32.0. The van der Waals surface area contributed by atoms with E-state index in [0.29, 0.717) is 12.3 Å². The second kappa shape index (κ2) is 6.76. The Morgan fingerprint density at radius 1 is 1.26 bits per heavy atom. The number of carbonyl (C=O) groups is 2. The molecule has 1 atom stereocenters. The van der Waals surface area contributed by atoms with E-state index in [9.17, 15) is 23.1 Å². The van der Waals surface area contributed by atoms with Crippen molar-refractivity contribution in [3.05, 3.63) is 0 Å². The molecule has 2 N–H and O–H groups in total. The molecule has 0 spiro atoms. The number of aliphatic carboxylic acids is 1. The fourth-order valence-corrected chi connectivity index (χ4v) is 4.61. The maximum absolute atomic E-state index is 12.2. The van der Waals surface area contributed by atoms with Crippen LogP contribution < -0.4 is 4.72 Å². The number of likely N-dealkylation sites (tertiary alicyclic amines) is 1. The summed E-state index contributed by atoms with van der Waals surface area (Å²) in [5.74, 6) is -1.46. The van der Waals surface area contributed by atoms with Crippen LogP contribution in [0.3, 0.4) is 0 Å². The number of carbonyl (C=O) groups excluding carboxylic acids is 1. The van der Waals surface area contributed by atoms with Crippen LogP contribution in [0.25, 0.3) is 0 Å². The van der Waals surface area contributed by atoms with E-state index >= 15 is 0 Å². The fraction of sp³-hybridized carbons (Fsp3) is 0.867. The molecule has 8 heteroatoms. The predicted molar refractivity (Wildman–Crippen MR) is 85.3 cm³/mol. The average molecular weight is 346 g/mol. The first-order chi connectivity index (χ1) is 10.6. The van der Waals surface area contributed by atoms with Crippen LogP contribution in [0, 0.1) is 11.3 Å². The zero-order valence-corrected chi connectivity index (χ0v) is 14.6. The van der Waals surface area contributed by atoms with Gasteiger partial charge in [-0.15, -0.1) is 0 Å². The smallest absolute Gasteiger partial charge is 0.311 e. The molecular formula is C15H26N2O5S. The quantitative estimate of drug-likeness (QED) is 0.766. The zero-order chi connectivity index (χ0) is 17.3. The molecule has 2 aliphatic rings. The molecule has 0 aromatic rings. The van der Waals surface area contributed by atoms with Gasteiger partial charge in [0.15, 0.2) is 0 Å². The van der Waals surface area contributed by atoms with E-state index < -0.39 is 33.1 Å². The van der Waals surface area contributed by atoms with Crippen LogP contribution in [0.5, 0.6) is 0 Å². The number of amides is 1. The summed E-state index contributed by atoms with van der Waals surface area (Å²) in [6, 6.07) is -0.0909. The summed E-state index contributed by atoms with van der Waals surface area (Å²) in [4.78, 5) is 24.7. The highest BCUT2D eigenvalue weighted by atomic mass is 32.2. The molecular weight excluding hydrogens is 320 g/mol. The SMILES string of the molecule is CC1CCC(NS(=O)(=O)CC(=O)N2CC[C@@](C)(C(=O)O)C2)CC1. The summed E-state index contributed by atoms with van der Waals surface area (Å²) in [6.07, 6.45) is 3.93. The molecule has 1 heterocycles. The van der Waals surface area contributed by atoms with E-state index in [-0.39, 0.29) is 19.1 Å². The lowest BCUT2D eigenvalue weighted by atomic mass is 9.88. The van der Waals surface area contributed by atoms with Crippen molar-refractivity contribution in [1.29, 1.82) is 0 Å². The predicted octanol–water partition coefficient (Wildman–Crippen LogP) is 0.808. The van der Waals surface area contributed by atoms with Gasteiger partial charge in [0.2, 0.25) is 15.9 Å². The Balaban J connectivity index is 1.88. The van der Waals surface area contributed by atoms with E-state index in [1.165, 1.54) is 4.90 Å². The van der Waals surface area contributed by atoms with Crippen LogP contribution in [0.1, 0.15) is 46.0 Å². The maximum Gasteiger partial charge on any atom is 0.311 e. The minimum atomic E-state index is -3.68. The van der Waals surface area contributed by atoms with Crippen molar-refractivity contribution in [2.75, 3.05) is 18.8 Å². The first kappa shape index (κ1) is 18.2. The first-order valence-electron chi connectivity index (χ1n) is 8.12. The van der Waals surface area contributed by atoms with E-state index in [0.717, 1.165) is 25.7 Å². The molecule has 1 saturated heterocycles. The van der Waals surface area contributed by atoms with E-state index in [2.05, 4.69) is 11.6 Å². The van der Waals surface area contributed by atoms with Crippen molar-refractivity contribution in [2.45, 2.75) is 52.0 Å². The van der Waals surface area contributed by atoms with Crippen molar-refractivity contribution in [3.8, 4) is 0 Å². The zero-order valence-electron chi connectivity index (χ0n) is 13.7. The van der Waals surface area contributed by atoms with Gasteiger partial charge in [0.1, 0.15) is 5.75 Å². The third kappa shape index (κ3) is 4.67. The van der Waals surface area contributed by atoms with Crippen LogP contribution in [0.2, 0.25) is 0 Å². The molecule has 7 nitrogen and oxygen atoms in total. The standard InChI is InChI=1S/C15H26N2O5S/c1-11-3-5-12(6-4-11)16-23(21,22)9-13(18)17-8-7-15(2,10-17)14(19)20/h11-12,16H,3-10H2,1-2H3,(H,19,20)/t11?,12?,15-/m1/s1. The molecule has 0 unspecified atom stereocenters. The molecule has 0 aromatic carbocycles. The number of carboxylic acids is 1. The first-order valence-corrected chi connectivity index (χ1v) is 9.78. The van der Waals surface area contributed by atoms with Gasteiger partial charge in [-0.3, -0.25) is 9.59 Å². The van der Waals surface area contributed by atoms with Gasteiger partial charge in [0, 0.05) is 19.1 Å². The Kier molecular flexibility index (Phi) is 5.35. The second-order valence-corrected chi connectivity index (χ2v) is 9.02. The Morgan fingerprint density at radius 2 is 1.87 bits per heavy atom. The van der Waals surface area contributed by atoms with Gasteiger partial charge in [-0.05, 0) is 44.9 Å². The third-order valence-corrected chi connectivity index (χ3v) is 6.34. The van der Waals surface area contributed by atoms with Crippen LogP contribution in [-0.4, -0.2) is 55.2 Å². The number of nitrogens with zero attached hydrogens (tertiary/aromatic N) is 1. The second-order valence-electron chi connectivity index (χ2n) is 7.26. The minimum absolute atomic E-state index is 0.0671. The summed E-state index contributed by atoms with van der Waals surface area (Å²) in [5.41, 5.74) is -0.980. The maximum atomic E-state index is 12.2. The summed E-state index contributed by atoms with van der Waals surface area (Å²) >= 11 is 0. The fourth-order valence-electron chi connectivity index (χ4n) is 3.28. The number of carboxylic acid groups (broad SMARTS) is 1. The number of sulfonamides is 1. The molecule has 0 bridgehead atoms. The molecule has 0 aromatic heterocycles. The van der Waals surface area contributed by atoms with Gasteiger partial charge in [0.25, 0.3) is 0 Å². The number of rotatable bonds is 5. The molecule has 1 amide bonds. The average Bonchev–Trinajstić information content (AvgIpc) is 2.85. The van der Waals surface area contributed by atoms with E-state index in [4.69, 9.17) is 0 Å². The Morgan fingerprint density at radius 3 is 2.39 bits per heavy atom. The lowest BCUT2D eigenvalue weighted by molar-refractivity contribution is -0.147. The summed E-state index contributed by atoms with van der Waals surface area (Å²) in [6.45, 7) is 4.09. The molecule has 1 aliphatic carbocycles. The Labute approximate surface area is 137 Å². The lowest BCUT2D eigenvalue weighted by Crippen LogP contribution is -2.44. The molecule has 0 radical (unpaired) electrons. The molecule has 23 heavy (non-hydrogen) atoms. The van der Waals surface area contributed by atoms with Crippen LogP contribution >= 0.6 is 0 Å². The summed E-state index contributed by atoms with van der Waals surface area (Å²) in [7, 11) is -3.68. The van der Waals surface area contributed by atoms with Gasteiger partial charge in [-0.1, -0.05) is 6.92 Å². The third-order valence-electron chi connectivity index (χ3n) is 5.02. The van der Waals surface area contributed by atoms with Crippen molar-refractivity contribution in [2.24, 2.45) is 11.3 Å². The van der Waals surface area contributed by atoms with Crippen LogP contribution in [-0.2, 0) is 19.6 Å². The number of nitrogens with one attached hydrogen (secondary N) is 1. The summed E-state index contributed by atoms with van der Waals surface area (Å²) in [5, 5.41) is 9.17. The minimum Gasteiger partial charge on any atom is -0.481 e. The lowest BCUT2D eigenvalue weighted by Gasteiger charge is -2.27. The van der Waals surface area contributed by atoms with E-state index in [1.807, 2.05) is 0 Å².